The third-order valence-electron chi connectivity index (χ3n) is 1.17. The van der Waals surface area contributed by atoms with E-state index < -0.39 is 0 Å². The van der Waals surface area contributed by atoms with Crippen LogP contribution in [0, 0.1) is 6.92 Å². The number of amides is 1. The lowest BCUT2D eigenvalue weighted by atomic mass is 10.1. The summed E-state index contributed by atoms with van der Waals surface area (Å²) in [5.41, 5.74) is 4.92. The molecule has 0 atom stereocenters. The van der Waals surface area contributed by atoms with Gasteiger partial charge in [-0.1, -0.05) is 26.2 Å². The van der Waals surface area contributed by atoms with E-state index in [0.29, 0.717) is 6.42 Å². The van der Waals surface area contributed by atoms with Crippen LogP contribution in [0.25, 0.3) is 0 Å². The van der Waals surface area contributed by atoms with E-state index in [-0.39, 0.29) is 5.91 Å². The van der Waals surface area contributed by atoms with Gasteiger partial charge in [0.2, 0.25) is 5.91 Å². The molecule has 0 aliphatic carbocycles. The second-order valence-electron chi connectivity index (χ2n) is 2.13. The van der Waals surface area contributed by atoms with Crippen LogP contribution in [0.15, 0.2) is 0 Å². The molecule has 0 rings (SSSR count). The second kappa shape index (κ2) is 5.60. The molecule has 9 heavy (non-hydrogen) atoms. The lowest BCUT2D eigenvalue weighted by Crippen LogP contribution is -2.09. The van der Waals surface area contributed by atoms with Crippen LogP contribution in [0.3, 0.4) is 0 Å². The maximum Gasteiger partial charge on any atom is 0.217 e. The van der Waals surface area contributed by atoms with E-state index in [1.165, 1.54) is 0 Å². The van der Waals surface area contributed by atoms with Gasteiger partial charge < -0.3 is 5.73 Å². The van der Waals surface area contributed by atoms with Crippen LogP contribution in [-0.4, -0.2) is 5.91 Å². The summed E-state index contributed by atoms with van der Waals surface area (Å²) in [4.78, 5) is 10.2. The second-order valence-corrected chi connectivity index (χ2v) is 2.13. The predicted octanol–water partition coefficient (Wildman–Crippen LogP) is 1.26. The highest BCUT2D eigenvalue weighted by atomic mass is 16.1. The van der Waals surface area contributed by atoms with Crippen LogP contribution >= 0.6 is 0 Å². The monoisotopic (exact) mass is 128 g/mol. The molecule has 2 N–H and O–H groups in total. The van der Waals surface area contributed by atoms with Crippen molar-refractivity contribution in [3.8, 4) is 0 Å². The highest BCUT2D eigenvalue weighted by Gasteiger charge is 1.91. The molecule has 0 saturated carbocycles. The number of hydrogen-bond acceptors (Lipinski definition) is 1. The molecule has 0 unspecified atom stereocenters. The smallest absolute Gasteiger partial charge is 0.217 e. The number of carbonyl (C=O) groups is 1. The maximum atomic E-state index is 10.2. The average molecular weight is 128 g/mol. The summed E-state index contributed by atoms with van der Waals surface area (Å²) in [7, 11) is 0. The van der Waals surface area contributed by atoms with Crippen LogP contribution in [0.5, 0.6) is 0 Å². The van der Waals surface area contributed by atoms with Crippen LogP contribution in [0.1, 0.15) is 32.1 Å². The molecule has 2 heteroatoms. The zero-order valence-corrected chi connectivity index (χ0v) is 5.73. The molecule has 0 spiro atoms. The van der Waals surface area contributed by atoms with E-state index in [1.807, 2.05) is 0 Å². The Balaban J connectivity index is 2.83. The van der Waals surface area contributed by atoms with Crippen molar-refractivity contribution in [2.75, 3.05) is 0 Å². The van der Waals surface area contributed by atoms with Crippen molar-refractivity contribution in [2.45, 2.75) is 32.1 Å². The van der Waals surface area contributed by atoms with Crippen molar-refractivity contribution in [3.05, 3.63) is 6.92 Å². The van der Waals surface area contributed by atoms with Gasteiger partial charge in [0.15, 0.2) is 0 Å². The minimum absolute atomic E-state index is 0.195. The van der Waals surface area contributed by atoms with Gasteiger partial charge in [0.25, 0.3) is 0 Å². The van der Waals surface area contributed by atoms with Crippen molar-refractivity contribution in [1.29, 1.82) is 0 Å². The Morgan fingerprint density at radius 1 is 1.33 bits per heavy atom. The molecular weight excluding hydrogens is 114 g/mol. The fourth-order valence-electron chi connectivity index (χ4n) is 0.653. The standard InChI is InChI=1S/C7H14NO/c1-2-3-4-5-6-7(8)9/h1-6H2,(H2,8,9). The number of rotatable bonds is 5. The molecule has 0 saturated heterocycles. The largest absolute Gasteiger partial charge is 0.370 e. The van der Waals surface area contributed by atoms with Gasteiger partial charge in [-0.25, -0.2) is 0 Å². The van der Waals surface area contributed by atoms with Crippen molar-refractivity contribution >= 4 is 5.91 Å². The summed E-state index contributed by atoms with van der Waals surface area (Å²) in [5, 5.41) is 0. The Labute approximate surface area is 56.4 Å². The fourth-order valence-corrected chi connectivity index (χ4v) is 0.653. The zero-order chi connectivity index (χ0) is 7.11. The third kappa shape index (κ3) is 7.47. The number of carbonyl (C=O) groups excluding carboxylic acids is 1. The van der Waals surface area contributed by atoms with Gasteiger partial charge >= 0.3 is 0 Å². The summed E-state index contributed by atoms with van der Waals surface area (Å²) in [5.74, 6) is -0.195. The number of nitrogens with two attached hydrogens (primary N) is 1. The molecule has 1 amide bonds. The molecule has 0 aliphatic rings. The molecule has 2 nitrogen and oxygen atoms in total. The Kier molecular flexibility index (Phi) is 5.27. The molecule has 0 aliphatic heterocycles. The molecule has 0 bridgehead atoms. The van der Waals surface area contributed by atoms with E-state index in [0.717, 1.165) is 25.7 Å². The SMILES string of the molecule is [CH2]CCCCCC(N)=O. The zero-order valence-electron chi connectivity index (χ0n) is 5.73. The van der Waals surface area contributed by atoms with Crippen molar-refractivity contribution in [2.24, 2.45) is 5.73 Å². The van der Waals surface area contributed by atoms with E-state index in [2.05, 4.69) is 6.92 Å². The van der Waals surface area contributed by atoms with Gasteiger partial charge in [-0.2, -0.15) is 0 Å². The highest BCUT2D eigenvalue weighted by Crippen LogP contribution is 2.00. The first kappa shape index (κ1) is 8.47. The maximum absolute atomic E-state index is 10.2. The summed E-state index contributed by atoms with van der Waals surface area (Å²) in [6.07, 6.45) is 4.59. The molecule has 0 aromatic heterocycles. The Hall–Kier alpha value is -0.530. The Bertz CT molecular complexity index is 81.0. The van der Waals surface area contributed by atoms with Gasteiger partial charge in [0, 0.05) is 6.42 Å². The number of primary amides is 1. The quantitative estimate of drug-likeness (QED) is 0.556. The Morgan fingerprint density at radius 3 is 2.44 bits per heavy atom. The van der Waals surface area contributed by atoms with E-state index in [4.69, 9.17) is 5.73 Å². The summed E-state index contributed by atoms with van der Waals surface area (Å²) >= 11 is 0. The van der Waals surface area contributed by atoms with E-state index >= 15 is 0 Å². The number of unbranched alkanes of at least 4 members (excludes halogenated alkanes) is 3. The molecule has 0 fully saturated rings. The molecule has 0 heterocycles. The first-order chi connectivity index (χ1) is 4.27. The summed E-state index contributed by atoms with van der Waals surface area (Å²) < 4.78 is 0. The van der Waals surface area contributed by atoms with Gasteiger partial charge in [-0.05, 0) is 6.42 Å². The molecule has 1 radical (unpaired) electrons. The van der Waals surface area contributed by atoms with Crippen molar-refractivity contribution in [3.63, 3.8) is 0 Å². The number of hydrogen-bond donors (Lipinski definition) is 1. The topological polar surface area (TPSA) is 43.1 Å². The minimum Gasteiger partial charge on any atom is -0.370 e. The van der Waals surface area contributed by atoms with Gasteiger partial charge in [-0.3, -0.25) is 4.79 Å². The van der Waals surface area contributed by atoms with Gasteiger partial charge in [0.05, 0.1) is 0 Å². The lowest BCUT2D eigenvalue weighted by Gasteiger charge is -1.93. The van der Waals surface area contributed by atoms with Crippen molar-refractivity contribution < 1.29 is 4.79 Å². The van der Waals surface area contributed by atoms with Crippen LogP contribution in [0.2, 0.25) is 0 Å². The van der Waals surface area contributed by atoms with E-state index in [9.17, 15) is 4.79 Å². The molecule has 0 aromatic carbocycles. The van der Waals surface area contributed by atoms with Crippen LogP contribution in [0.4, 0.5) is 0 Å². The predicted molar refractivity (Wildman–Crippen MR) is 37.6 cm³/mol. The van der Waals surface area contributed by atoms with Crippen molar-refractivity contribution in [1.82, 2.24) is 0 Å². The van der Waals surface area contributed by atoms with Crippen LogP contribution < -0.4 is 5.73 Å². The lowest BCUT2D eigenvalue weighted by molar-refractivity contribution is -0.118. The minimum atomic E-state index is -0.195. The normalized spacial score (nSPS) is 9.44. The third-order valence-corrected chi connectivity index (χ3v) is 1.17. The molecule has 0 aromatic rings. The summed E-state index contributed by atoms with van der Waals surface area (Å²) in [6, 6.07) is 0. The first-order valence-electron chi connectivity index (χ1n) is 3.35. The average Bonchev–Trinajstić information content (AvgIpc) is 1.80. The van der Waals surface area contributed by atoms with Gasteiger partial charge in [-0.15, -0.1) is 0 Å². The van der Waals surface area contributed by atoms with E-state index in [1.54, 1.807) is 0 Å². The fraction of sp³-hybridized carbons (Fsp3) is 0.714. The summed E-state index contributed by atoms with van der Waals surface area (Å²) in [6.45, 7) is 3.69. The highest BCUT2D eigenvalue weighted by molar-refractivity contribution is 5.73. The molecule has 53 valence electrons. The van der Waals surface area contributed by atoms with Crippen LogP contribution in [-0.2, 0) is 4.79 Å². The van der Waals surface area contributed by atoms with Gasteiger partial charge in [0.1, 0.15) is 0 Å². The molecular formula is C7H14NO. The first-order valence-corrected chi connectivity index (χ1v) is 3.35. The Morgan fingerprint density at radius 2 is 2.00 bits per heavy atom.